The summed E-state index contributed by atoms with van der Waals surface area (Å²) in [6.07, 6.45) is 0.446. The van der Waals surface area contributed by atoms with Gasteiger partial charge in [0.05, 0.1) is 6.42 Å². The van der Waals surface area contributed by atoms with Crippen molar-refractivity contribution in [3.8, 4) is 0 Å². The van der Waals surface area contributed by atoms with Crippen molar-refractivity contribution in [3.63, 3.8) is 0 Å². The Kier molecular flexibility index (Phi) is 5.30. The van der Waals surface area contributed by atoms with Crippen LogP contribution in [-0.4, -0.2) is 72.7 Å². The molecule has 2 rings (SSSR count). The molecule has 0 aliphatic rings. The molecule has 0 bridgehead atoms. The zero-order valence-electron chi connectivity index (χ0n) is 8.75. The minimum absolute atomic E-state index is 0. The summed E-state index contributed by atoms with van der Waals surface area (Å²) in [5, 5.41) is 15.6. The first-order valence-electron chi connectivity index (χ1n) is 4.35. The monoisotopic (exact) mass is 243 g/mol. The standard InChI is InChI=1S/C10H8N2O3.K/c13-10(14)9-12-11-8(15-9)6-7-4-2-1-3-5-7;/h1-5H,6H2,(H,13,14);. The molecule has 0 saturated carbocycles. The molecule has 6 heteroatoms. The minimum atomic E-state index is -1.21. The normalized spacial score (nSPS) is 9.50. The third-order valence-electron chi connectivity index (χ3n) is 1.85. The van der Waals surface area contributed by atoms with Crippen molar-refractivity contribution in [2.24, 2.45) is 0 Å². The first-order chi connectivity index (χ1) is 7.25. The van der Waals surface area contributed by atoms with Gasteiger partial charge in [-0.2, -0.15) is 0 Å². The number of hydrogen-bond acceptors (Lipinski definition) is 4. The summed E-state index contributed by atoms with van der Waals surface area (Å²) in [5.74, 6) is -1.28. The fourth-order valence-electron chi connectivity index (χ4n) is 1.18. The molecular formula is C10H8KN2O3. The molecule has 2 aromatic rings. The van der Waals surface area contributed by atoms with Gasteiger partial charge < -0.3 is 9.52 Å². The molecule has 1 aromatic carbocycles. The van der Waals surface area contributed by atoms with Crippen molar-refractivity contribution in [1.29, 1.82) is 0 Å². The minimum Gasteiger partial charge on any atom is -0.474 e. The summed E-state index contributed by atoms with van der Waals surface area (Å²) in [7, 11) is 0. The third kappa shape index (κ3) is 3.50. The van der Waals surface area contributed by atoms with E-state index in [1.165, 1.54) is 0 Å². The average Bonchev–Trinajstić information content (AvgIpc) is 2.68. The van der Waals surface area contributed by atoms with Crippen LogP contribution in [0.15, 0.2) is 34.7 Å². The molecule has 16 heavy (non-hydrogen) atoms. The van der Waals surface area contributed by atoms with Crippen LogP contribution in [0.3, 0.4) is 0 Å². The molecule has 0 unspecified atom stereocenters. The van der Waals surface area contributed by atoms with E-state index < -0.39 is 5.97 Å². The van der Waals surface area contributed by atoms with E-state index in [9.17, 15) is 4.79 Å². The van der Waals surface area contributed by atoms with E-state index >= 15 is 0 Å². The molecule has 0 spiro atoms. The zero-order chi connectivity index (χ0) is 10.7. The van der Waals surface area contributed by atoms with Crippen molar-refractivity contribution in [3.05, 3.63) is 47.7 Å². The molecule has 77 valence electrons. The van der Waals surface area contributed by atoms with Crippen LogP contribution in [0.25, 0.3) is 0 Å². The van der Waals surface area contributed by atoms with Gasteiger partial charge in [-0.3, -0.25) is 0 Å². The van der Waals surface area contributed by atoms with Gasteiger partial charge in [-0.15, -0.1) is 10.2 Å². The van der Waals surface area contributed by atoms with Crippen LogP contribution in [0.4, 0.5) is 0 Å². The molecule has 5 nitrogen and oxygen atoms in total. The Balaban J connectivity index is 0.00000128. The second kappa shape index (κ2) is 6.26. The van der Waals surface area contributed by atoms with E-state index in [4.69, 9.17) is 9.52 Å². The van der Waals surface area contributed by atoms with Crippen LogP contribution >= 0.6 is 0 Å². The summed E-state index contributed by atoms with van der Waals surface area (Å²) in [6, 6.07) is 9.50. The smallest absolute Gasteiger partial charge is 0.393 e. The Morgan fingerprint density at radius 2 is 1.94 bits per heavy atom. The molecule has 1 radical (unpaired) electrons. The second-order valence-electron chi connectivity index (χ2n) is 2.97. The van der Waals surface area contributed by atoms with E-state index in [1.807, 2.05) is 30.3 Å². The predicted molar refractivity (Wildman–Crippen MR) is 56.3 cm³/mol. The largest absolute Gasteiger partial charge is 0.474 e. The Hall–Kier alpha value is -0.534. The van der Waals surface area contributed by atoms with Crippen molar-refractivity contribution >= 4 is 57.4 Å². The van der Waals surface area contributed by atoms with Crippen molar-refractivity contribution in [2.45, 2.75) is 6.42 Å². The van der Waals surface area contributed by atoms with E-state index in [0.717, 1.165) is 5.56 Å². The number of hydrogen-bond donors (Lipinski definition) is 1. The number of nitrogens with zero attached hydrogens (tertiary/aromatic N) is 2. The summed E-state index contributed by atoms with van der Waals surface area (Å²) >= 11 is 0. The number of carbonyl (C=O) groups is 1. The van der Waals surface area contributed by atoms with Crippen LogP contribution in [0.5, 0.6) is 0 Å². The van der Waals surface area contributed by atoms with Gasteiger partial charge in [0, 0.05) is 51.4 Å². The van der Waals surface area contributed by atoms with Crippen LogP contribution in [0.2, 0.25) is 0 Å². The molecular weight excluding hydrogens is 235 g/mol. The van der Waals surface area contributed by atoms with Gasteiger partial charge in [-0.1, -0.05) is 30.3 Å². The molecule has 0 amide bonds. The van der Waals surface area contributed by atoms with E-state index in [0.29, 0.717) is 12.3 Å². The topological polar surface area (TPSA) is 76.2 Å². The second-order valence-corrected chi connectivity index (χ2v) is 2.97. The zero-order valence-corrected chi connectivity index (χ0v) is 11.9. The Morgan fingerprint density at radius 3 is 2.50 bits per heavy atom. The molecule has 1 aromatic heterocycles. The maximum Gasteiger partial charge on any atom is 0.393 e. The number of benzene rings is 1. The van der Waals surface area contributed by atoms with Crippen LogP contribution in [-0.2, 0) is 6.42 Å². The van der Waals surface area contributed by atoms with Gasteiger partial charge in [0.15, 0.2) is 0 Å². The van der Waals surface area contributed by atoms with Crippen molar-refractivity contribution in [2.75, 3.05) is 0 Å². The number of rotatable bonds is 3. The van der Waals surface area contributed by atoms with E-state index in [2.05, 4.69) is 10.2 Å². The Bertz CT molecular complexity index is 470. The number of aromatic carboxylic acids is 1. The Morgan fingerprint density at radius 1 is 1.25 bits per heavy atom. The molecule has 0 aliphatic heterocycles. The summed E-state index contributed by atoms with van der Waals surface area (Å²) in [6.45, 7) is 0. The van der Waals surface area contributed by atoms with Crippen LogP contribution < -0.4 is 0 Å². The van der Waals surface area contributed by atoms with E-state index in [-0.39, 0.29) is 57.3 Å². The molecule has 0 saturated heterocycles. The maximum atomic E-state index is 10.5. The quantitative estimate of drug-likeness (QED) is 0.813. The SMILES string of the molecule is O=C(O)c1nnc(Cc2ccccc2)o1.[K]. The van der Waals surface area contributed by atoms with Crippen molar-refractivity contribution in [1.82, 2.24) is 10.2 Å². The van der Waals surface area contributed by atoms with Gasteiger partial charge >= 0.3 is 11.9 Å². The molecule has 1 heterocycles. The number of aromatic nitrogens is 2. The number of carboxylic acid groups (broad SMARTS) is 1. The molecule has 0 fully saturated rings. The van der Waals surface area contributed by atoms with Gasteiger partial charge in [0.2, 0.25) is 5.89 Å². The van der Waals surface area contributed by atoms with E-state index in [1.54, 1.807) is 0 Å². The fourth-order valence-corrected chi connectivity index (χ4v) is 1.18. The third-order valence-corrected chi connectivity index (χ3v) is 1.85. The molecule has 0 aliphatic carbocycles. The predicted octanol–water partition coefficient (Wildman–Crippen LogP) is 0.978. The summed E-state index contributed by atoms with van der Waals surface area (Å²) in [5.41, 5.74) is 0.998. The summed E-state index contributed by atoms with van der Waals surface area (Å²) in [4.78, 5) is 10.5. The summed E-state index contributed by atoms with van der Waals surface area (Å²) < 4.78 is 4.93. The maximum absolute atomic E-state index is 10.5. The fraction of sp³-hybridized carbons (Fsp3) is 0.100. The molecule has 0 atom stereocenters. The van der Waals surface area contributed by atoms with Gasteiger partial charge in [0.25, 0.3) is 0 Å². The molecule has 1 N–H and O–H groups in total. The van der Waals surface area contributed by atoms with Gasteiger partial charge in [-0.25, -0.2) is 4.79 Å². The van der Waals surface area contributed by atoms with Crippen LogP contribution in [0.1, 0.15) is 22.1 Å². The van der Waals surface area contributed by atoms with Crippen molar-refractivity contribution < 1.29 is 14.3 Å². The average molecular weight is 243 g/mol. The van der Waals surface area contributed by atoms with Crippen LogP contribution in [0, 0.1) is 0 Å². The first-order valence-corrected chi connectivity index (χ1v) is 4.35. The number of carboxylic acids is 1. The van der Waals surface area contributed by atoms with Gasteiger partial charge in [-0.05, 0) is 5.56 Å². The Labute approximate surface area is 134 Å². The first kappa shape index (κ1) is 13.5. The van der Waals surface area contributed by atoms with Gasteiger partial charge in [0.1, 0.15) is 0 Å².